The van der Waals surface area contributed by atoms with E-state index in [0.717, 1.165) is 55.4 Å². The number of amides is 1. The van der Waals surface area contributed by atoms with Crippen molar-refractivity contribution < 1.29 is 14.3 Å². The van der Waals surface area contributed by atoms with Gasteiger partial charge in [0.1, 0.15) is 5.75 Å². The number of ether oxygens (including phenoxy) is 2. The zero-order chi connectivity index (χ0) is 18.4. The number of nitrogens with one attached hydrogen (secondary N) is 1. The summed E-state index contributed by atoms with van der Waals surface area (Å²) in [7, 11) is 1.68. The largest absolute Gasteiger partial charge is 0.496 e. The van der Waals surface area contributed by atoms with Crippen LogP contribution in [0, 0.1) is 0 Å². The highest BCUT2D eigenvalue weighted by Gasteiger charge is 2.14. The Bertz CT molecular complexity index is 768. The molecule has 1 aromatic carbocycles. The van der Waals surface area contributed by atoms with Crippen molar-refractivity contribution in [2.45, 2.75) is 13.5 Å². The molecule has 0 radical (unpaired) electrons. The molecule has 3 rings (SSSR count). The van der Waals surface area contributed by atoms with Gasteiger partial charge in [-0.15, -0.1) is 11.3 Å². The van der Waals surface area contributed by atoms with Crippen LogP contribution in [-0.4, -0.2) is 49.9 Å². The molecule has 1 aliphatic rings. The van der Waals surface area contributed by atoms with E-state index in [1.807, 2.05) is 30.5 Å². The fourth-order valence-electron chi connectivity index (χ4n) is 2.79. The Hall–Kier alpha value is -2.22. The predicted octanol–water partition coefficient (Wildman–Crippen LogP) is 2.74. The maximum absolute atomic E-state index is 12.0. The van der Waals surface area contributed by atoms with E-state index in [4.69, 9.17) is 9.47 Å². The molecule has 26 heavy (non-hydrogen) atoms. The number of morpholine rings is 1. The number of hydrogen-bond donors (Lipinski definition) is 1. The van der Waals surface area contributed by atoms with Crippen molar-refractivity contribution in [1.29, 1.82) is 0 Å². The zero-order valence-electron chi connectivity index (χ0n) is 15.0. The molecular weight excluding hydrogens is 350 g/mol. The van der Waals surface area contributed by atoms with E-state index < -0.39 is 0 Å². The molecule has 0 atom stereocenters. The molecule has 1 aromatic heterocycles. The van der Waals surface area contributed by atoms with Crippen LogP contribution >= 0.6 is 11.3 Å². The third kappa shape index (κ3) is 4.69. The Labute approximate surface area is 157 Å². The molecular formula is C19H23N3O3S. The fraction of sp³-hybridized carbons (Fsp3) is 0.368. The summed E-state index contributed by atoms with van der Waals surface area (Å²) in [4.78, 5) is 15.0. The number of nitrogens with zero attached hydrogens (tertiary/aromatic N) is 2. The average molecular weight is 373 g/mol. The van der Waals surface area contributed by atoms with Crippen LogP contribution in [0.15, 0.2) is 40.8 Å². The van der Waals surface area contributed by atoms with E-state index in [9.17, 15) is 4.79 Å². The lowest BCUT2D eigenvalue weighted by molar-refractivity contribution is 0.0339. The molecule has 0 unspecified atom stereocenters. The molecule has 1 N–H and O–H groups in total. The van der Waals surface area contributed by atoms with E-state index in [0.29, 0.717) is 4.88 Å². The topological polar surface area (TPSA) is 63.2 Å². The summed E-state index contributed by atoms with van der Waals surface area (Å²) in [5, 5.41) is 6.11. The number of thiophene rings is 1. The van der Waals surface area contributed by atoms with E-state index >= 15 is 0 Å². The third-order valence-electron chi connectivity index (χ3n) is 4.27. The lowest BCUT2D eigenvalue weighted by Crippen LogP contribution is -2.35. The zero-order valence-corrected chi connectivity index (χ0v) is 15.8. The fourth-order valence-corrected chi connectivity index (χ4v) is 3.40. The molecule has 7 heteroatoms. The molecule has 2 aromatic rings. The van der Waals surface area contributed by atoms with Crippen molar-refractivity contribution in [1.82, 2.24) is 10.3 Å². The molecule has 1 aliphatic heterocycles. The Morgan fingerprint density at radius 2 is 2.15 bits per heavy atom. The first-order chi connectivity index (χ1) is 12.7. The molecule has 6 nitrogen and oxygen atoms in total. The van der Waals surface area contributed by atoms with Gasteiger partial charge < -0.3 is 9.47 Å². The predicted molar refractivity (Wildman–Crippen MR) is 103 cm³/mol. The van der Waals surface area contributed by atoms with Gasteiger partial charge in [-0.25, -0.2) is 5.43 Å². The average Bonchev–Trinajstić information content (AvgIpc) is 3.21. The Balaban J connectivity index is 1.73. The molecule has 1 fully saturated rings. The number of rotatable bonds is 6. The van der Waals surface area contributed by atoms with Gasteiger partial charge in [-0.2, -0.15) is 5.10 Å². The molecule has 1 amide bonds. The van der Waals surface area contributed by atoms with Crippen molar-refractivity contribution in [3.8, 4) is 5.75 Å². The number of carbonyl (C=O) groups is 1. The molecule has 138 valence electrons. The molecule has 1 saturated heterocycles. The summed E-state index contributed by atoms with van der Waals surface area (Å²) in [5.74, 6) is 0.664. The maximum atomic E-state index is 12.0. The lowest BCUT2D eigenvalue weighted by atomic mass is 10.1. The van der Waals surface area contributed by atoms with Crippen molar-refractivity contribution in [2.75, 3.05) is 33.4 Å². The van der Waals surface area contributed by atoms with E-state index in [2.05, 4.69) is 21.5 Å². The summed E-state index contributed by atoms with van der Waals surface area (Å²) in [6, 6.07) is 9.60. The van der Waals surface area contributed by atoms with Gasteiger partial charge in [0, 0.05) is 25.2 Å². The third-order valence-corrected chi connectivity index (χ3v) is 5.13. The molecule has 0 spiro atoms. The monoisotopic (exact) mass is 373 g/mol. The number of hydrogen-bond acceptors (Lipinski definition) is 6. The van der Waals surface area contributed by atoms with Crippen molar-refractivity contribution >= 4 is 23.0 Å². The van der Waals surface area contributed by atoms with Crippen molar-refractivity contribution in [3.63, 3.8) is 0 Å². The van der Waals surface area contributed by atoms with Crippen LogP contribution in [0.3, 0.4) is 0 Å². The standard InChI is InChI=1S/C19H23N3O3S/c1-14(20-21-19(23)18-4-3-11-26-18)15-5-6-17(24-2)16(12-15)13-22-7-9-25-10-8-22/h3-6,11-12H,7-10,13H2,1-2H3,(H,21,23)/b20-14-. The Kier molecular flexibility index (Phi) is 6.38. The summed E-state index contributed by atoms with van der Waals surface area (Å²) in [5.41, 5.74) is 5.43. The van der Waals surface area contributed by atoms with Gasteiger partial charge in [-0.3, -0.25) is 9.69 Å². The molecule has 0 bridgehead atoms. The van der Waals surface area contributed by atoms with Gasteiger partial charge >= 0.3 is 0 Å². The molecule has 0 aliphatic carbocycles. The van der Waals surface area contributed by atoms with Gasteiger partial charge in [0.2, 0.25) is 0 Å². The SMILES string of the molecule is COc1ccc(/C(C)=N\NC(=O)c2cccs2)cc1CN1CCOCC1. The summed E-state index contributed by atoms with van der Waals surface area (Å²) in [6.07, 6.45) is 0. The van der Waals surface area contributed by atoms with Crippen LogP contribution in [0.5, 0.6) is 5.75 Å². The first-order valence-corrected chi connectivity index (χ1v) is 9.41. The van der Waals surface area contributed by atoms with Crippen LogP contribution in [0.4, 0.5) is 0 Å². The molecule has 2 heterocycles. The Morgan fingerprint density at radius 3 is 2.85 bits per heavy atom. The number of hydrazone groups is 1. The van der Waals surface area contributed by atoms with Gasteiger partial charge in [0.15, 0.2) is 0 Å². The minimum absolute atomic E-state index is 0.193. The van der Waals surface area contributed by atoms with Crippen LogP contribution in [-0.2, 0) is 11.3 Å². The highest BCUT2D eigenvalue weighted by atomic mass is 32.1. The van der Waals surface area contributed by atoms with E-state index in [1.165, 1.54) is 11.3 Å². The minimum Gasteiger partial charge on any atom is -0.496 e. The highest BCUT2D eigenvalue weighted by molar-refractivity contribution is 7.12. The quantitative estimate of drug-likeness (QED) is 0.625. The summed E-state index contributed by atoms with van der Waals surface area (Å²) < 4.78 is 10.9. The second kappa shape index (κ2) is 8.93. The van der Waals surface area contributed by atoms with Crippen LogP contribution in [0.25, 0.3) is 0 Å². The van der Waals surface area contributed by atoms with E-state index in [1.54, 1.807) is 13.2 Å². The lowest BCUT2D eigenvalue weighted by Gasteiger charge is -2.27. The van der Waals surface area contributed by atoms with Gasteiger partial charge in [0.05, 0.1) is 30.9 Å². The summed E-state index contributed by atoms with van der Waals surface area (Å²) in [6.45, 7) is 6.04. The number of carbonyl (C=O) groups excluding carboxylic acids is 1. The van der Waals surface area contributed by atoms with Crippen LogP contribution < -0.4 is 10.2 Å². The van der Waals surface area contributed by atoms with Gasteiger partial charge in [0.25, 0.3) is 5.91 Å². The Morgan fingerprint density at radius 1 is 1.35 bits per heavy atom. The molecule has 0 saturated carbocycles. The van der Waals surface area contributed by atoms with Crippen LogP contribution in [0.2, 0.25) is 0 Å². The number of methoxy groups -OCH3 is 1. The normalized spacial score (nSPS) is 15.7. The summed E-state index contributed by atoms with van der Waals surface area (Å²) >= 11 is 1.39. The van der Waals surface area contributed by atoms with Crippen LogP contribution in [0.1, 0.15) is 27.7 Å². The first kappa shape index (κ1) is 18.6. The minimum atomic E-state index is -0.193. The van der Waals surface area contributed by atoms with Gasteiger partial charge in [-0.1, -0.05) is 6.07 Å². The first-order valence-electron chi connectivity index (χ1n) is 8.53. The van der Waals surface area contributed by atoms with E-state index in [-0.39, 0.29) is 5.91 Å². The second-order valence-electron chi connectivity index (χ2n) is 6.03. The van der Waals surface area contributed by atoms with Gasteiger partial charge in [-0.05, 0) is 42.1 Å². The van der Waals surface area contributed by atoms with Crippen molar-refractivity contribution in [3.05, 3.63) is 51.7 Å². The smallest absolute Gasteiger partial charge is 0.281 e. The highest BCUT2D eigenvalue weighted by Crippen LogP contribution is 2.22. The second-order valence-corrected chi connectivity index (χ2v) is 6.98. The number of benzene rings is 1. The van der Waals surface area contributed by atoms with Crippen molar-refractivity contribution in [2.24, 2.45) is 5.10 Å². The maximum Gasteiger partial charge on any atom is 0.281 e.